The number of benzene rings is 2. The topological polar surface area (TPSA) is 63.7 Å². The number of Topliss-reactive ketones (excluding diaryl/α,β-unsaturated/α-hetero) is 1. The number of ketones is 1. The Morgan fingerprint density at radius 3 is 2.14 bits per heavy atom. The van der Waals surface area contributed by atoms with Gasteiger partial charge < -0.3 is 9.64 Å². The minimum Gasteiger partial charge on any atom is -0.454 e. The fraction of sp³-hybridized carbons (Fsp3) is 0.348. The molecule has 0 spiro atoms. The van der Waals surface area contributed by atoms with Crippen molar-refractivity contribution in [3.05, 3.63) is 63.7 Å². The highest BCUT2D eigenvalue weighted by molar-refractivity contribution is 8.00. The van der Waals surface area contributed by atoms with Gasteiger partial charge in [-0.05, 0) is 62.1 Å². The molecule has 1 amide bonds. The van der Waals surface area contributed by atoms with E-state index in [1.54, 1.807) is 38.4 Å². The Kier molecular flexibility index (Phi) is 7.62. The van der Waals surface area contributed by atoms with Crippen molar-refractivity contribution in [2.24, 2.45) is 0 Å². The minimum absolute atomic E-state index is 0.0471. The zero-order valence-electron chi connectivity index (χ0n) is 17.8. The normalized spacial score (nSPS) is 10.6. The molecule has 2 aromatic rings. The van der Waals surface area contributed by atoms with Crippen LogP contribution in [0.1, 0.15) is 43.0 Å². The zero-order valence-corrected chi connectivity index (χ0v) is 18.6. The molecule has 0 N–H and O–H groups in total. The molecule has 0 saturated heterocycles. The minimum atomic E-state index is -0.571. The first-order chi connectivity index (χ1) is 13.6. The van der Waals surface area contributed by atoms with E-state index in [4.69, 9.17) is 4.74 Å². The monoisotopic (exact) mass is 413 g/mol. The second-order valence-electron chi connectivity index (χ2n) is 7.21. The lowest BCUT2D eigenvalue weighted by Gasteiger charge is -2.15. The number of ether oxygens (including phenoxy) is 1. The van der Waals surface area contributed by atoms with Gasteiger partial charge in [-0.2, -0.15) is 0 Å². The number of carbonyl (C=O) groups excluding carboxylic acids is 3. The van der Waals surface area contributed by atoms with E-state index in [1.165, 1.54) is 16.7 Å². The predicted molar refractivity (Wildman–Crippen MR) is 116 cm³/mol. The van der Waals surface area contributed by atoms with Crippen LogP contribution in [0.25, 0.3) is 0 Å². The molecule has 0 heterocycles. The molecule has 0 fully saturated rings. The third kappa shape index (κ3) is 5.48. The Labute approximate surface area is 176 Å². The van der Waals surface area contributed by atoms with Crippen LogP contribution in [0, 0.1) is 27.7 Å². The molecule has 2 rings (SSSR count). The van der Waals surface area contributed by atoms with Crippen LogP contribution >= 0.6 is 11.8 Å². The van der Waals surface area contributed by atoms with Gasteiger partial charge in [-0.3, -0.25) is 9.59 Å². The first-order valence-corrected chi connectivity index (χ1v) is 10.3. The van der Waals surface area contributed by atoms with Crippen LogP contribution in [-0.2, 0) is 9.53 Å². The van der Waals surface area contributed by atoms with Crippen molar-refractivity contribution in [1.29, 1.82) is 0 Å². The smallest absolute Gasteiger partial charge is 0.339 e. The van der Waals surface area contributed by atoms with Crippen molar-refractivity contribution in [3.63, 3.8) is 0 Å². The molecular formula is C23H27NO4S. The van der Waals surface area contributed by atoms with Crippen molar-refractivity contribution < 1.29 is 19.1 Å². The molecule has 0 unspecified atom stereocenters. The number of esters is 1. The Morgan fingerprint density at radius 1 is 0.966 bits per heavy atom. The molecule has 0 bridgehead atoms. The van der Waals surface area contributed by atoms with E-state index >= 15 is 0 Å². The van der Waals surface area contributed by atoms with Crippen LogP contribution in [0.2, 0.25) is 0 Å². The molecular weight excluding hydrogens is 386 g/mol. The van der Waals surface area contributed by atoms with Crippen LogP contribution in [0.4, 0.5) is 0 Å². The third-order valence-electron chi connectivity index (χ3n) is 4.94. The molecule has 0 saturated carbocycles. The van der Waals surface area contributed by atoms with Crippen molar-refractivity contribution in [3.8, 4) is 0 Å². The first kappa shape index (κ1) is 22.7. The second kappa shape index (κ2) is 9.74. The van der Waals surface area contributed by atoms with Crippen molar-refractivity contribution >= 4 is 29.4 Å². The lowest BCUT2D eigenvalue weighted by Crippen LogP contribution is -2.23. The molecule has 6 heteroatoms. The van der Waals surface area contributed by atoms with Gasteiger partial charge in [0.1, 0.15) is 0 Å². The summed E-state index contributed by atoms with van der Waals surface area (Å²) < 4.78 is 5.33. The largest absolute Gasteiger partial charge is 0.454 e. The van der Waals surface area contributed by atoms with E-state index in [0.29, 0.717) is 16.0 Å². The summed E-state index contributed by atoms with van der Waals surface area (Å²) in [6.07, 6.45) is 0. The maximum Gasteiger partial charge on any atom is 0.339 e. The molecule has 0 aromatic heterocycles. The molecule has 0 aliphatic rings. The number of hydrogen-bond donors (Lipinski definition) is 0. The lowest BCUT2D eigenvalue weighted by atomic mass is 9.92. The molecule has 5 nitrogen and oxygen atoms in total. The Bertz CT molecular complexity index is 924. The van der Waals surface area contributed by atoms with Crippen LogP contribution in [0.5, 0.6) is 0 Å². The summed E-state index contributed by atoms with van der Waals surface area (Å²) in [5.41, 5.74) is 4.87. The van der Waals surface area contributed by atoms with Gasteiger partial charge >= 0.3 is 5.97 Å². The number of rotatable bonds is 7. The number of nitrogens with zero attached hydrogens (tertiary/aromatic N) is 1. The van der Waals surface area contributed by atoms with Gasteiger partial charge in [-0.15, -0.1) is 11.8 Å². The van der Waals surface area contributed by atoms with Crippen molar-refractivity contribution in [2.75, 3.05) is 26.5 Å². The first-order valence-electron chi connectivity index (χ1n) is 9.33. The zero-order chi connectivity index (χ0) is 21.7. The Hall–Kier alpha value is -2.60. The van der Waals surface area contributed by atoms with E-state index in [1.807, 2.05) is 27.7 Å². The number of amides is 1. The summed E-state index contributed by atoms with van der Waals surface area (Å²) in [6.45, 7) is 7.42. The van der Waals surface area contributed by atoms with E-state index in [-0.39, 0.29) is 24.1 Å². The van der Waals surface area contributed by atoms with Gasteiger partial charge in [-0.1, -0.05) is 18.2 Å². The number of thioether (sulfide) groups is 1. The molecule has 154 valence electrons. The van der Waals surface area contributed by atoms with Crippen LogP contribution in [0.15, 0.2) is 35.2 Å². The molecule has 0 aliphatic heterocycles. The lowest BCUT2D eigenvalue weighted by molar-refractivity contribution is -0.125. The molecule has 0 atom stereocenters. The van der Waals surface area contributed by atoms with Crippen LogP contribution in [-0.4, -0.2) is 49.0 Å². The van der Waals surface area contributed by atoms with Gasteiger partial charge in [0, 0.05) is 24.6 Å². The van der Waals surface area contributed by atoms with E-state index in [9.17, 15) is 14.4 Å². The van der Waals surface area contributed by atoms with Gasteiger partial charge in [0.2, 0.25) is 11.7 Å². The number of aryl methyl sites for hydroxylation is 2. The molecule has 0 radical (unpaired) electrons. The fourth-order valence-corrected chi connectivity index (χ4v) is 3.96. The summed E-state index contributed by atoms with van der Waals surface area (Å²) in [5.74, 6) is -0.613. The quantitative estimate of drug-likeness (QED) is 0.388. The predicted octanol–water partition coefficient (Wildman–Crippen LogP) is 4.14. The third-order valence-corrected chi connectivity index (χ3v) is 5.99. The van der Waals surface area contributed by atoms with Crippen molar-refractivity contribution in [1.82, 2.24) is 4.90 Å². The second-order valence-corrected chi connectivity index (χ2v) is 8.22. The van der Waals surface area contributed by atoms with Gasteiger partial charge in [0.05, 0.1) is 11.3 Å². The Balaban J connectivity index is 2.13. The highest BCUT2D eigenvalue weighted by Gasteiger charge is 2.20. The molecule has 0 aliphatic carbocycles. The summed E-state index contributed by atoms with van der Waals surface area (Å²) in [7, 11) is 3.37. The SMILES string of the molecule is Cc1cc(C)c(C)c(C(=O)COC(=O)c2ccccc2SCC(=O)N(C)C)c1C. The van der Waals surface area contributed by atoms with Crippen LogP contribution < -0.4 is 0 Å². The summed E-state index contributed by atoms with van der Waals surface area (Å²) in [4.78, 5) is 39.4. The summed E-state index contributed by atoms with van der Waals surface area (Å²) in [5, 5.41) is 0. The van der Waals surface area contributed by atoms with Crippen LogP contribution in [0.3, 0.4) is 0 Å². The standard InChI is InChI=1S/C23H27NO4S/c1-14-11-15(2)17(4)22(16(14)3)19(25)12-28-23(27)18-9-7-8-10-20(18)29-13-21(26)24(5)6/h7-11H,12-13H2,1-6H3. The van der Waals surface area contributed by atoms with Crippen molar-refractivity contribution in [2.45, 2.75) is 32.6 Å². The van der Waals surface area contributed by atoms with E-state index in [2.05, 4.69) is 6.07 Å². The van der Waals surface area contributed by atoms with Gasteiger partial charge in [0.15, 0.2) is 6.61 Å². The Morgan fingerprint density at radius 2 is 1.55 bits per heavy atom. The summed E-state index contributed by atoms with van der Waals surface area (Å²) >= 11 is 1.27. The number of carbonyl (C=O) groups is 3. The number of hydrogen-bond acceptors (Lipinski definition) is 5. The van der Waals surface area contributed by atoms with Gasteiger partial charge in [-0.25, -0.2) is 4.79 Å². The van der Waals surface area contributed by atoms with Gasteiger partial charge in [0.25, 0.3) is 0 Å². The molecule has 2 aromatic carbocycles. The maximum absolute atomic E-state index is 12.8. The fourth-order valence-electron chi connectivity index (χ4n) is 2.95. The average Bonchev–Trinajstić information content (AvgIpc) is 2.69. The highest BCUT2D eigenvalue weighted by atomic mass is 32.2. The van der Waals surface area contributed by atoms with E-state index in [0.717, 1.165) is 22.3 Å². The highest BCUT2D eigenvalue weighted by Crippen LogP contribution is 2.25. The average molecular weight is 414 g/mol. The molecule has 29 heavy (non-hydrogen) atoms. The van der Waals surface area contributed by atoms with E-state index < -0.39 is 5.97 Å². The summed E-state index contributed by atoms with van der Waals surface area (Å²) in [6, 6.07) is 8.99. The maximum atomic E-state index is 12.8.